The van der Waals surface area contributed by atoms with E-state index >= 15 is 0 Å². The minimum absolute atomic E-state index is 0.240. The van der Waals surface area contributed by atoms with Gasteiger partial charge < -0.3 is 9.47 Å². The van der Waals surface area contributed by atoms with Gasteiger partial charge in [-0.3, -0.25) is 5.32 Å². The molecule has 2 rings (SSSR count). The maximum Gasteiger partial charge on any atom is 0.414 e. The van der Waals surface area contributed by atoms with Crippen LogP contribution >= 0.6 is 11.3 Å². The van der Waals surface area contributed by atoms with Gasteiger partial charge in [-0.25, -0.2) is 13.8 Å². The third kappa shape index (κ3) is 6.31. The average Bonchev–Trinajstić information content (AvgIpc) is 2.90. The van der Waals surface area contributed by atoms with Crippen molar-refractivity contribution in [3.63, 3.8) is 0 Å². The van der Waals surface area contributed by atoms with E-state index in [0.717, 1.165) is 16.9 Å². The minimum atomic E-state index is -2.72. The lowest BCUT2D eigenvalue weighted by atomic mass is 10.2. The van der Waals surface area contributed by atoms with Crippen molar-refractivity contribution in [3.05, 3.63) is 29.8 Å². The first-order valence-corrected chi connectivity index (χ1v) is 10.1. The molecule has 0 bridgehead atoms. The second-order valence-electron chi connectivity index (χ2n) is 6.28. The molecule has 2 N–H and O–H groups in total. The van der Waals surface area contributed by atoms with E-state index in [2.05, 4.69) is 15.5 Å². The second-order valence-corrected chi connectivity index (χ2v) is 9.38. The van der Waals surface area contributed by atoms with E-state index in [9.17, 15) is 9.00 Å². The molecule has 0 saturated heterocycles. The van der Waals surface area contributed by atoms with Gasteiger partial charge in [0.2, 0.25) is 5.13 Å². The largest absolute Gasteiger partial charge is 0.464 e. The third-order valence-electron chi connectivity index (χ3n) is 2.75. The summed E-state index contributed by atoms with van der Waals surface area (Å²) in [4.78, 5) is 12.1. The van der Waals surface area contributed by atoms with Crippen LogP contribution in [0.1, 0.15) is 26.3 Å². The molecule has 1 heterocycles. The van der Waals surface area contributed by atoms with Gasteiger partial charge in [-0.2, -0.15) is 0 Å². The predicted octanol–water partition coefficient (Wildman–Crippen LogP) is 3.50. The Hall–Kier alpha value is -2.20. The highest BCUT2D eigenvalue weighted by Gasteiger charge is 2.18. The van der Waals surface area contributed by atoms with Crippen molar-refractivity contribution in [3.8, 4) is 5.19 Å². The normalized spacial score (nSPS) is 13.8. The molecule has 0 fully saturated rings. The number of ether oxygens (including phenoxy) is 2. The van der Waals surface area contributed by atoms with E-state index in [0.29, 0.717) is 10.1 Å². The van der Waals surface area contributed by atoms with E-state index in [4.69, 9.17) is 14.3 Å². The molecule has 0 aliphatic rings. The lowest BCUT2D eigenvalue weighted by molar-refractivity contribution is 0.0636. The topological polar surface area (TPSA) is 114 Å². The number of hydrogen-bond donors (Lipinski definition) is 2. The van der Waals surface area contributed by atoms with Crippen molar-refractivity contribution in [1.29, 1.82) is 4.78 Å². The van der Waals surface area contributed by atoms with Crippen LogP contribution in [0.25, 0.3) is 0 Å². The summed E-state index contributed by atoms with van der Waals surface area (Å²) in [7, 11) is -2.72. The molecule has 0 aliphatic carbocycles. The molecule has 1 amide bonds. The van der Waals surface area contributed by atoms with Crippen LogP contribution in [0, 0.1) is 4.78 Å². The number of aromatic nitrogens is 2. The molecule has 10 heteroatoms. The molecule has 1 atom stereocenters. The van der Waals surface area contributed by atoms with Gasteiger partial charge in [-0.1, -0.05) is 17.2 Å². The lowest BCUT2D eigenvalue weighted by Gasteiger charge is -2.18. The molecule has 1 unspecified atom stereocenters. The zero-order valence-corrected chi connectivity index (χ0v) is 16.0. The summed E-state index contributed by atoms with van der Waals surface area (Å²) in [5, 5.41) is 10.7. The van der Waals surface area contributed by atoms with Gasteiger partial charge in [0.15, 0.2) is 0 Å². The highest BCUT2D eigenvalue weighted by Crippen LogP contribution is 2.24. The fourth-order valence-corrected chi connectivity index (χ4v) is 2.94. The van der Waals surface area contributed by atoms with Gasteiger partial charge in [-0.15, -0.1) is 5.10 Å². The molecular formula is C15H20N4O4S2. The van der Waals surface area contributed by atoms with Crippen molar-refractivity contribution in [2.75, 3.05) is 11.6 Å². The van der Waals surface area contributed by atoms with Gasteiger partial charge in [0.05, 0.1) is 9.73 Å². The average molecular weight is 384 g/mol. The van der Waals surface area contributed by atoms with Crippen LogP contribution in [0.2, 0.25) is 0 Å². The van der Waals surface area contributed by atoms with Crippen molar-refractivity contribution in [1.82, 2.24) is 10.2 Å². The summed E-state index contributed by atoms with van der Waals surface area (Å²) >= 11 is 1.08. The van der Waals surface area contributed by atoms with Gasteiger partial charge in [-0.05, 0) is 49.8 Å². The Morgan fingerprint density at radius 2 is 1.92 bits per heavy atom. The Labute approximate surface area is 150 Å². The first-order valence-electron chi connectivity index (χ1n) is 7.32. The number of anilines is 1. The van der Waals surface area contributed by atoms with Crippen LogP contribution in [-0.4, -0.2) is 32.4 Å². The van der Waals surface area contributed by atoms with E-state index in [-0.39, 0.29) is 11.7 Å². The fourth-order valence-electron chi connectivity index (χ4n) is 1.70. The van der Waals surface area contributed by atoms with Crippen molar-refractivity contribution in [2.24, 2.45) is 0 Å². The van der Waals surface area contributed by atoms with Gasteiger partial charge in [0.25, 0.3) is 5.19 Å². The van der Waals surface area contributed by atoms with Gasteiger partial charge in [0.1, 0.15) is 12.2 Å². The summed E-state index contributed by atoms with van der Waals surface area (Å²) in [5.74, 6) is 0. The Kier molecular flexibility index (Phi) is 5.63. The van der Waals surface area contributed by atoms with Crippen LogP contribution in [0.4, 0.5) is 9.93 Å². The molecule has 25 heavy (non-hydrogen) atoms. The first kappa shape index (κ1) is 19.1. The standard InChI is InChI=1S/C15H20N4O4S2/c1-15(2,3)23-13(20)17-12-18-19-14(24-12)22-9-10-5-7-11(8-6-10)25(4,16)21/h5-8,16H,9H2,1-4H3,(H,17,18,20). The van der Waals surface area contributed by atoms with Crippen LogP contribution in [-0.2, 0) is 21.1 Å². The van der Waals surface area contributed by atoms with Crippen LogP contribution in [0.3, 0.4) is 0 Å². The highest BCUT2D eigenvalue weighted by molar-refractivity contribution is 7.91. The molecule has 0 aliphatic heterocycles. The molecule has 1 aromatic heterocycles. The van der Waals surface area contributed by atoms with E-state index < -0.39 is 21.4 Å². The molecule has 136 valence electrons. The fraction of sp³-hybridized carbons (Fsp3) is 0.400. The maximum atomic E-state index is 11.7. The third-order valence-corrected chi connectivity index (χ3v) is 4.67. The molecule has 0 saturated carbocycles. The van der Waals surface area contributed by atoms with Gasteiger partial charge in [0, 0.05) is 11.2 Å². The quantitative estimate of drug-likeness (QED) is 0.815. The van der Waals surface area contributed by atoms with Crippen molar-refractivity contribution < 1.29 is 18.5 Å². The molecule has 0 radical (unpaired) electrons. The SMILES string of the molecule is CC(C)(C)OC(=O)Nc1nnc(OCc2ccc(S(C)(=N)=O)cc2)s1. The number of nitrogens with one attached hydrogen (secondary N) is 2. The van der Waals surface area contributed by atoms with Crippen molar-refractivity contribution >= 4 is 32.3 Å². The van der Waals surface area contributed by atoms with E-state index in [1.807, 2.05) is 0 Å². The Balaban J connectivity index is 1.90. The van der Waals surface area contributed by atoms with Crippen LogP contribution in [0.5, 0.6) is 5.19 Å². The van der Waals surface area contributed by atoms with E-state index in [1.165, 1.54) is 6.26 Å². The number of amides is 1. The summed E-state index contributed by atoms with van der Waals surface area (Å²) in [5.41, 5.74) is 0.241. The Morgan fingerprint density at radius 3 is 2.48 bits per heavy atom. The zero-order valence-electron chi connectivity index (χ0n) is 14.4. The van der Waals surface area contributed by atoms with E-state index in [1.54, 1.807) is 45.0 Å². The summed E-state index contributed by atoms with van der Waals surface area (Å²) in [6.45, 7) is 5.54. The Morgan fingerprint density at radius 1 is 1.28 bits per heavy atom. The summed E-state index contributed by atoms with van der Waals surface area (Å²) in [6.07, 6.45) is 0.767. The monoisotopic (exact) mass is 384 g/mol. The molecule has 8 nitrogen and oxygen atoms in total. The number of carbonyl (C=O) groups is 1. The summed E-state index contributed by atoms with van der Waals surface area (Å²) in [6, 6.07) is 6.77. The molecule has 1 aromatic carbocycles. The number of carbonyl (C=O) groups excluding carboxylic acids is 1. The minimum Gasteiger partial charge on any atom is -0.464 e. The highest BCUT2D eigenvalue weighted by atomic mass is 32.2. The van der Waals surface area contributed by atoms with Crippen LogP contribution in [0.15, 0.2) is 29.2 Å². The molecular weight excluding hydrogens is 364 g/mol. The van der Waals surface area contributed by atoms with Crippen LogP contribution < -0.4 is 10.1 Å². The zero-order chi connectivity index (χ0) is 18.7. The number of benzene rings is 1. The lowest BCUT2D eigenvalue weighted by Crippen LogP contribution is -2.27. The molecule has 2 aromatic rings. The van der Waals surface area contributed by atoms with Gasteiger partial charge >= 0.3 is 6.09 Å². The molecule has 0 spiro atoms. The first-order chi connectivity index (χ1) is 11.5. The number of hydrogen-bond acceptors (Lipinski definition) is 8. The number of nitrogens with zero attached hydrogens (tertiary/aromatic N) is 2. The number of rotatable bonds is 5. The second kappa shape index (κ2) is 7.36. The Bertz CT molecular complexity index is 839. The van der Waals surface area contributed by atoms with Crippen molar-refractivity contribution in [2.45, 2.75) is 37.9 Å². The predicted molar refractivity (Wildman–Crippen MR) is 95.6 cm³/mol. The maximum absolute atomic E-state index is 11.7. The summed E-state index contributed by atoms with van der Waals surface area (Å²) < 4.78 is 29.8. The smallest absolute Gasteiger partial charge is 0.414 e.